The maximum Gasteiger partial charge on any atom is 0.263 e. The van der Waals surface area contributed by atoms with Crippen LogP contribution in [0.4, 0.5) is 0 Å². The Morgan fingerprint density at radius 2 is 1.95 bits per heavy atom. The zero-order valence-corrected chi connectivity index (χ0v) is 21.7. The van der Waals surface area contributed by atoms with Crippen molar-refractivity contribution < 1.29 is 18.7 Å². The number of amides is 1. The van der Waals surface area contributed by atoms with E-state index in [9.17, 15) is 9.59 Å². The Hall–Kier alpha value is -4.73. The first-order valence-corrected chi connectivity index (χ1v) is 12.9. The van der Waals surface area contributed by atoms with E-state index in [0.717, 1.165) is 35.0 Å². The maximum absolute atomic E-state index is 12.9. The van der Waals surface area contributed by atoms with Crippen LogP contribution in [0.1, 0.15) is 54.7 Å². The van der Waals surface area contributed by atoms with Crippen molar-refractivity contribution in [2.75, 3.05) is 7.11 Å². The number of hydrogen-bond acceptors (Lipinski definition) is 7. The van der Waals surface area contributed by atoms with Crippen LogP contribution in [0.2, 0.25) is 0 Å². The number of Topliss-reactive ketones (excluding diaryl/α,β-unsaturated/α-hetero) is 1. The number of rotatable bonds is 13. The minimum Gasteiger partial charge on any atom is -0.480 e. The van der Waals surface area contributed by atoms with Crippen LogP contribution in [0.5, 0.6) is 5.88 Å². The number of methoxy groups -OCH3 is 1. The van der Waals surface area contributed by atoms with Crippen molar-refractivity contribution in [3.05, 3.63) is 85.2 Å². The zero-order chi connectivity index (χ0) is 27.0. The van der Waals surface area contributed by atoms with E-state index in [1.807, 2.05) is 59.4 Å². The number of benzene rings is 1. The second-order valence-electron chi connectivity index (χ2n) is 9.26. The Kier molecular flexibility index (Phi) is 8.11. The van der Waals surface area contributed by atoms with Crippen LogP contribution < -0.4 is 10.1 Å². The van der Waals surface area contributed by atoms with Crippen molar-refractivity contribution in [3.63, 3.8) is 0 Å². The molecule has 200 valence electrons. The number of carbonyl (C=O) groups excluding carboxylic acids is 2. The molecule has 1 atom stereocenters. The topological polar surface area (TPSA) is 128 Å². The summed E-state index contributed by atoms with van der Waals surface area (Å²) in [5.41, 5.74) is 2.38. The number of fused-ring (bicyclic) bond motifs is 1. The Morgan fingerprint density at radius 3 is 2.74 bits per heavy atom. The molecule has 5 aromatic rings. The summed E-state index contributed by atoms with van der Waals surface area (Å²) in [6.45, 7) is 0.212. The number of aromatic nitrogens is 5. The number of imidazole rings is 1. The molecule has 0 aliphatic heterocycles. The summed E-state index contributed by atoms with van der Waals surface area (Å²) in [6, 6.07) is 13.3. The largest absolute Gasteiger partial charge is 0.480 e. The minimum absolute atomic E-state index is 0.106. The molecule has 1 aromatic carbocycles. The van der Waals surface area contributed by atoms with Gasteiger partial charge in [-0.05, 0) is 37.1 Å². The number of hydrogen-bond donors (Lipinski definition) is 2. The Balaban J connectivity index is 1.29. The van der Waals surface area contributed by atoms with Crippen molar-refractivity contribution in [1.82, 2.24) is 29.8 Å². The molecule has 1 amide bonds. The van der Waals surface area contributed by atoms with Gasteiger partial charge in [-0.1, -0.05) is 31.0 Å². The van der Waals surface area contributed by atoms with Gasteiger partial charge in [0, 0.05) is 24.2 Å². The van der Waals surface area contributed by atoms with E-state index in [2.05, 4.69) is 25.3 Å². The van der Waals surface area contributed by atoms with Crippen molar-refractivity contribution in [1.29, 1.82) is 0 Å². The average Bonchev–Trinajstić information content (AvgIpc) is 3.74. The maximum atomic E-state index is 12.9. The first-order valence-electron chi connectivity index (χ1n) is 12.9. The van der Waals surface area contributed by atoms with Crippen LogP contribution >= 0.6 is 0 Å². The molecular formula is C29H30N6O4. The van der Waals surface area contributed by atoms with Crippen molar-refractivity contribution >= 4 is 22.6 Å². The number of para-hydroxylation sites is 1. The number of pyridine rings is 1. The lowest BCUT2D eigenvalue weighted by atomic mass is 10.1. The van der Waals surface area contributed by atoms with Crippen LogP contribution in [0, 0.1) is 0 Å². The molecule has 0 bridgehead atoms. The third-order valence-electron chi connectivity index (χ3n) is 6.49. The molecule has 0 spiro atoms. The molecule has 0 aliphatic carbocycles. The van der Waals surface area contributed by atoms with Crippen LogP contribution in [-0.2, 0) is 11.3 Å². The fraction of sp³-hybridized carbons (Fsp3) is 0.276. The SMILES string of the molecule is COc1nc2ccccc2cc1-c1cnc([C@H](CCCCCC(=O)c2ncco2)NC(=O)Cn2cccc2)[nH]1. The molecule has 0 radical (unpaired) electrons. The highest BCUT2D eigenvalue weighted by molar-refractivity contribution is 5.91. The number of nitrogens with zero attached hydrogens (tertiary/aromatic N) is 4. The molecule has 4 aromatic heterocycles. The smallest absolute Gasteiger partial charge is 0.263 e. The fourth-order valence-electron chi connectivity index (χ4n) is 4.53. The van der Waals surface area contributed by atoms with Gasteiger partial charge in [0.1, 0.15) is 18.6 Å². The molecule has 0 fully saturated rings. The number of oxazole rings is 1. The number of nitrogens with one attached hydrogen (secondary N) is 2. The number of ether oxygens (including phenoxy) is 1. The van der Waals surface area contributed by atoms with E-state index in [1.54, 1.807) is 13.3 Å². The number of aromatic amines is 1. The lowest BCUT2D eigenvalue weighted by Crippen LogP contribution is -2.32. The Bertz CT molecular complexity index is 1520. The summed E-state index contributed by atoms with van der Waals surface area (Å²) >= 11 is 0. The first-order chi connectivity index (χ1) is 19.1. The molecule has 10 heteroatoms. The second-order valence-corrected chi connectivity index (χ2v) is 9.26. The number of carbonyl (C=O) groups is 2. The van der Waals surface area contributed by atoms with E-state index in [4.69, 9.17) is 9.15 Å². The summed E-state index contributed by atoms with van der Waals surface area (Å²) in [7, 11) is 1.59. The standard InChI is InChI=1S/C29H30N6O4/c1-38-28-21(17-20-9-5-6-10-22(20)34-28)24-18-31-27(33-24)23(32-26(37)19-35-14-7-8-15-35)11-3-2-4-12-25(36)29-30-13-16-39-29/h5-10,13-18,23H,2-4,11-12,19H2,1H3,(H,31,33)(H,32,37)/t23-/m0/s1. The number of H-pyrrole nitrogens is 1. The fourth-order valence-corrected chi connectivity index (χ4v) is 4.53. The third-order valence-corrected chi connectivity index (χ3v) is 6.49. The molecule has 10 nitrogen and oxygen atoms in total. The minimum atomic E-state index is -0.330. The highest BCUT2D eigenvalue weighted by atomic mass is 16.5. The lowest BCUT2D eigenvalue weighted by Gasteiger charge is -2.17. The van der Waals surface area contributed by atoms with Crippen molar-refractivity contribution in [2.45, 2.75) is 44.7 Å². The number of unbranched alkanes of at least 4 members (excludes halogenated alkanes) is 2. The Labute approximate surface area is 225 Å². The van der Waals surface area contributed by atoms with Crippen LogP contribution in [-0.4, -0.2) is 43.3 Å². The van der Waals surface area contributed by atoms with Gasteiger partial charge in [-0.2, -0.15) is 0 Å². The van der Waals surface area contributed by atoms with Crippen LogP contribution in [0.15, 0.2) is 77.9 Å². The van der Waals surface area contributed by atoms with E-state index in [-0.39, 0.29) is 30.2 Å². The second kappa shape index (κ2) is 12.2. The summed E-state index contributed by atoms with van der Waals surface area (Å²) < 4.78 is 12.5. The average molecular weight is 527 g/mol. The molecule has 2 N–H and O–H groups in total. The molecule has 5 rings (SSSR count). The summed E-state index contributed by atoms with van der Waals surface area (Å²) in [5, 5.41) is 4.11. The van der Waals surface area contributed by atoms with Gasteiger partial charge in [0.25, 0.3) is 5.89 Å². The normalized spacial score (nSPS) is 11.9. The number of ketones is 1. The molecular weight excluding hydrogens is 496 g/mol. The van der Waals surface area contributed by atoms with Gasteiger partial charge >= 0.3 is 0 Å². The quantitative estimate of drug-likeness (QED) is 0.161. The first kappa shape index (κ1) is 25.9. The van der Waals surface area contributed by atoms with Gasteiger partial charge in [0.2, 0.25) is 17.6 Å². The third kappa shape index (κ3) is 6.40. The lowest BCUT2D eigenvalue weighted by molar-refractivity contribution is -0.122. The van der Waals surface area contributed by atoms with Crippen LogP contribution in [0.25, 0.3) is 22.2 Å². The van der Waals surface area contributed by atoms with Crippen molar-refractivity contribution in [3.8, 4) is 17.1 Å². The molecule has 0 unspecified atom stereocenters. The van der Waals surface area contributed by atoms with Crippen LogP contribution in [0.3, 0.4) is 0 Å². The Morgan fingerprint density at radius 1 is 1.10 bits per heavy atom. The molecule has 39 heavy (non-hydrogen) atoms. The molecule has 0 saturated heterocycles. The van der Waals surface area contributed by atoms with Gasteiger partial charge < -0.3 is 24.0 Å². The van der Waals surface area contributed by atoms with E-state index in [0.29, 0.717) is 31.0 Å². The summed E-state index contributed by atoms with van der Waals surface area (Å²) in [6.07, 6.45) is 11.6. The molecule has 0 aliphatic rings. The van der Waals surface area contributed by atoms with Gasteiger partial charge in [-0.3, -0.25) is 9.59 Å². The van der Waals surface area contributed by atoms with Crippen molar-refractivity contribution in [2.24, 2.45) is 0 Å². The zero-order valence-electron chi connectivity index (χ0n) is 21.7. The van der Waals surface area contributed by atoms with E-state index in [1.165, 1.54) is 12.5 Å². The van der Waals surface area contributed by atoms with E-state index < -0.39 is 0 Å². The van der Waals surface area contributed by atoms with Gasteiger partial charge in [-0.15, -0.1) is 0 Å². The molecule has 0 saturated carbocycles. The molecule has 4 heterocycles. The monoisotopic (exact) mass is 526 g/mol. The highest BCUT2D eigenvalue weighted by Gasteiger charge is 2.20. The summed E-state index contributed by atoms with van der Waals surface area (Å²) in [4.78, 5) is 41.6. The van der Waals surface area contributed by atoms with Gasteiger partial charge in [-0.25, -0.2) is 15.0 Å². The van der Waals surface area contributed by atoms with E-state index >= 15 is 0 Å². The summed E-state index contributed by atoms with van der Waals surface area (Å²) in [5.74, 6) is 1.07. The van der Waals surface area contributed by atoms with Gasteiger partial charge in [0.05, 0.1) is 42.3 Å². The highest BCUT2D eigenvalue weighted by Crippen LogP contribution is 2.31. The van der Waals surface area contributed by atoms with Gasteiger partial charge in [0.15, 0.2) is 0 Å². The predicted molar refractivity (Wildman–Crippen MR) is 145 cm³/mol. The predicted octanol–water partition coefficient (Wildman–Crippen LogP) is 5.11.